The molecule has 1 unspecified atom stereocenters. The van der Waals surface area contributed by atoms with E-state index in [1.807, 2.05) is 0 Å². The zero-order valence-electron chi connectivity index (χ0n) is 12.2. The van der Waals surface area contributed by atoms with Crippen LogP contribution in [-0.4, -0.2) is 22.1 Å². The largest absolute Gasteiger partial charge is 0.318 e. The summed E-state index contributed by atoms with van der Waals surface area (Å²) in [4.78, 5) is 0. The van der Waals surface area contributed by atoms with Crippen LogP contribution in [0.4, 0.5) is 0 Å². The highest BCUT2D eigenvalue weighted by Crippen LogP contribution is 2.22. The zero-order valence-corrected chi connectivity index (χ0v) is 13.0. The first-order chi connectivity index (χ1) is 9.75. The summed E-state index contributed by atoms with van der Waals surface area (Å²) in [6.07, 6.45) is 1.31. The summed E-state index contributed by atoms with van der Waals surface area (Å²) < 4.78 is 2.35. The molecule has 3 heteroatoms. The molecule has 106 valence electrons. The molecule has 1 aliphatic rings. The molecule has 2 aromatic rings. The maximum atomic E-state index is 3.70. The number of hydrogen-bond donors (Lipinski definition) is 1. The third-order valence-electron chi connectivity index (χ3n) is 4.06. The number of rotatable bonds is 4. The summed E-state index contributed by atoms with van der Waals surface area (Å²) in [5, 5.41) is 3.70. The minimum atomic E-state index is 0.694. The van der Waals surface area contributed by atoms with Gasteiger partial charge in [-0.2, -0.15) is 11.8 Å². The molecular formula is C17H22N2S. The molecule has 0 amide bonds. The molecule has 0 spiro atoms. The summed E-state index contributed by atoms with van der Waals surface area (Å²) in [6.45, 7) is 5.40. The van der Waals surface area contributed by atoms with Crippen molar-refractivity contribution in [1.29, 1.82) is 0 Å². The van der Waals surface area contributed by atoms with Crippen molar-refractivity contribution in [3.05, 3.63) is 53.3 Å². The van der Waals surface area contributed by atoms with E-state index in [9.17, 15) is 0 Å². The van der Waals surface area contributed by atoms with E-state index in [0.717, 1.165) is 6.54 Å². The number of nitrogens with one attached hydrogen (secondary N) is 1. The van der Waals surface area contributed by atoms with Crippen LogP contribution in [0.5, 0.6) is 0 Å². The Labute approximate surface area is 125 Å². The first-order valence-electron chi connectivity index (χ1n) is 7.30. The smallest absolute Gasteiger partial charge is 0.0455 e. The number of aromatic nitrogens is 1. The summed E-state index contributed by atoms with van der Waals surface area (Å²) >= 11 is 2.06. The van der Waals surface area contributed by atoms with Gasteiger partial charge >= 0.3 is 0 Å². The summed E-state index contributed by atoms with van der Waals surface area (Å²) in [6, 6.07) is 13.6. The minimum Gasteiger partial charge on any atom is -0.318 e. The number of nitrogens with zero attached hydrogens (tertiary/aromatic N) is 1. The molecule has 3 rings (SSSR count). The SMILES string of the molecule is Cc1cc(CNC2CCSC2)c(C)n1-c1ccccc1. The average Bonchev–Trinajstić information content (AvgIpc) is 3.06. The monoisotopic (exact) mass is 286 g/mol. The van der Waals surface area contributed by atoms with Crippen molar-refractivity contribution >= 4 is 11.8 Å². The van der Waals surface area contributed by atoms with E-state index >= 15 is 0 Å². The molecule has 1 saturated heterocycles. The van der Waals surface area contributed by atoms with Gasteiger partial charge in [0.2, 0.25) is 0 Å². The average molecular weight is 286 g/mol. The van der Waals surface area contributed by atoms with Gasteiger partial charge in [-0.05, 0) is 49.8 Å². The van der Waals surface area contributed by atoms with Crippen LogP contribution in [0.2, 0.25) is 0 Å². The number of aryl methyl sites for hydroxylation is 1. The van der Waals surface area contributed by atoms with Gasteiger partial charge in [-0.25, -0.2) is 0 Å². The quantitative estimate of drug-likeness (QED) is 0.923. The first-order valence-corrected chi connectivity index (χ1v) is 8.45. The number of hydrogen-bond acceptors (Lipinski definition) is 2. The van der Waals surface area contributed by atoms with Gasteiger partial charge in [-0.1, -0.05) is 18.2 Å². The highest BCUT2D eigenvalue weighted by molar-refractivity contribution is 7.99. The molecule has 1 atom stereocenters. The lowest BCUT2D eigenvalue weighted by Crippen LogP contribution is -2.28. The lowest BCUT2D eigenvalue weighted by molar-refractivity contribution is 0.556. The lowest BCUT2D eigenvalue weighted by atomic mass is 10.2. The molecule has 2 nitrogen and oxygen atoms in total. The van der Waals surface area contributed by atoms with E-state index in [2.05, 4.69) is 71.9 Å². The van der Waals surface area contributed by atoms with Gasteiger partial charge in [0, 0.05) is 35.4 Å². The van der Waals surface area contributed by atoms with E-state index in [1.54, 1.807) is 0 Å². The molecule has 1 fully saturated rings. The van der Waals surface area contributed by atoms with Crippen molar-refractivity contribution in [3.8, 4) is 5.69 Å². The summed E-state index contributed by atoms with van der Waals surface area (Å²) in [5.41, 5.74) is 5.34. The number of para-hydroxylation sites is 1. The van der Waals surface area contributed by atoms with Gasteiger partial charge in [-0.15, -0.1) is 0 Å². The standard InChI is InChI=1S/C17H22N2S/c1-13-10-15(11-18-16-8-9-20-12-16)14(2)19(13)17-6-4-3-5-7-17/h3-7,10,16,18H,8-9,11-12H2,1-2H3. The van der Waals surface area contributed by atoms with Gasteiger partial charge in [0.05, 0.1) is 0 Å². The maximum absolute atomic E-state index is 3.70. The fourth-order valence-corrected chi connectivity index (χ4v) is 4.12. The van der Waals surface area contributed by atoms with Crippen LogP contribution in [-0.2, 0) is 6.54 Å². The van der Waals surface area contributed by atoms with Crippen LogP contribution in [0.15, 0.2) is 36.4 Å². The van der Waals surface area contributed by atoms with Gasteiger partial charge in [0.25, 0.3) is 0 Å². The summed E-state index contributed by atoms with van der Waals surface area (Å²) in [7, 11) is 0. The van der Waals surface area contributed by atoms with Crippen LogP contribution < -0.4 is 5.32 Å². The maximum Gasteiger partial charge on any atom is 0.0455 e. The van der Waals surface area contributed by atoms with E-state index in [-0.39, 0.29) is 0 Å². The predicted molar refractivity (Wildman–Crippen MR) is 87.8 cm³/mol. The molecule has 0 radical (unpaired) electrons. The Bertz CT molecular complexity index is 568. The van der Waals surface area contributed by atoms with E-state index in [1.165, 1.54) is 40.6 Å². The molecule has 1 aromatic carbocycles. The van der Waals surface area contributed by atoms with E-state index < -0.39 is 0 Å². The van der Waals surface area contributed by atoms with Crippen molar-refractivity contribution in [2.24, 2.45) is 0 Å². The van der Waals surface area contributed by atoms with Crippen molar-refractivity contribution in [2.75, 3.05) is 11.5 Å². The second kappa shape index (κ2) is 6.06. The Morgan fingerprint density at radius 1 is 1.25 bits per heavy atom. The molecule has 1 aromatic heterocycles. The molecule has 1 N–H and O–H groups in total. The molecular weight excluding hydrogens is 264 g/mol. The first kappa shape index (κ1) is 13.8. The minimum absolute atomic E-state index is 0.694. The van der Waals surface area contributed by atoms with Gasteiger partial charge < -0.3 is 9.88 Å². The van der Waals surface area contributed by atoms with Crippen molar-refractivity contribution in [1.82, 2.24) is 9.88 Å². The fraction of sp³-hybridized carbons (Fsp3) is 0.412. The Morgan fingerprint density at radius 2 is 2.05 bits per heavy atom. The summed E-state index contributed by atoms with van der Waals surface area (Å²) in [5.74, 6) is 2.57. The lowest BCUT2D eigenvalue weighted by Gasteiger charge is -2.12. The van der Waals surface area contributed by atoms with E-state index in [0.29, 0.717) is 6.04 Å². The topological polar surface area (TPSA) is 17.0 Å². The molecule has 20 heavy (non-hydrogen) atoms. The number of benzene rings is 1. The van der Waals surface area contributed by atoms with Gasteiger partial charge in [0.1, 0.15) is 0 Å². The van der Waals surface area contributed by atoms with Crippen LogP contribution in [0, 0.1) is 13.8 Å². The highest BCUT2D eigenvalue weighted by Gasteiger charge is 2.16. The van der Waals surface area contributed by atoms with Crippen molar-refractivity contribution in [3.63, 3.8) is 0 Å². The van der Waals surface area contributed by atoms with Gasteiger partial charge in [-0.3, -0.25) is 0 Å². The number of thioether (sulfide) groups is 1. The third-order valence-corrected chi connectivity index (χ3v) is 5.22. The molecule has 0 bridgehead atoms. The van der Waals surface area contributed by atoms with Crippen LogP contribution in [0.3, 0.4) is 0 Å². The second-order valence-electron chi connectivity index (χ2n) is 5.51. The molecule has 0 aliphatic carbocycles. The molecule has 1 aliphatic heterocycles. The van der Waals surface area contributed by atoms with Crippen LogP contribution in [0.25, 0.3) is 5.69 Å². The molecule has 0 saturated carbocycles. The normalized spacial score (nSPS) is 18.6. The van der Waals surface area contributed by atoms with Crippen LogP contribution >= 0.6 is 11.8 Å². The Morgan fingerprint density at radius 3 is 2.75 bits per heavy atom. The fourth-order valence-electron chi connectivity index (χ4n) is 2.93. The van der Waals surface area contributed by atoms with Crippen molar-refractivity contribution in [2.45, 2.75) is 32.9 Å². The second-order valence-corrected chi connectivity index (χ2v) is 6.66. The highest BCUT2D eigenvalue weighted by atomic mass is 32.2. The van der Waals surface area contributed by atoms with Crippen molar-refractivity contribution < 1.29 is 0 Å². The third kappa shape index (κ3) is 2.79. The zero-order chi connectivity index (χ0) is 13.9. The Hall–Kier alpha value is -1.19. The van der Waals surface area contributed by atoms with E-state index in [4.69, 9.17) is 0 Å². The predicted octanol–water partition coefficient (Wildman–Crippen LogP) is 3.69. The van der Waals surface area contributed by atoms with Crippen LogP contribution in [0.1, 0.15) is 23.4 Å². The Kier molecular flexibility index (Phi) is 4.18. The molecule has 2 heterocycles. The Balaban J connectivity index is 1.79. The van der Waals surface area contributed by atoms with Gasteiger partial charge in [0.15, 0.2) is 0 Å².